The Kier molecular flexibility index (Phi) is 6.04. The maximum Gasteiger partial charge on any atom is 0.128 e. The van der Waals surface area contributed by atoms with E-state index >= 15 is 0 Å². The van der Waals surface area contributed by atoms with Crippen LogP contribution in [-0.2, 0) is 6.42 Å². The highest BCUT2D eigenvalue weighted by molar-refractivity contribution is 5.41. The molecule has 21 heavy (non-hydrogen) atoms. The van der Waals surface area contributed by atoms with E-state index in [0.29, 0.717) is 12.0 Å². The van der Waals surface area contributed by atoms with Crippen molar-refractivity contribution in [2.24, 2.45) is 5.92 Å². The maximum absolute atomic E-state index is 5.55. The molecule has 2 unspecified atom stereocenters. The van der Waals surface area contributed by atoms with E-state index in [-0.39, 0.29) is 0 Å². The second-order valence-corrected chi connectivity index (χ2v) is 6.31. The molecule has 1 fully saturated rings. The van der Waals surface area contributed by atoms with Crippen molar-refractivity contribution in [2.75, 3.05) is 13.7 Å². The van der Waals surface area contributed by atoms with Gasteiger partial charge in [-0.25, -0.2) is 0 Å². The van der Waals surface area contributed by atoms with Gasteiger partial charge in [0.2, 0.25) is 0 Å². The van der Waals surface area contributed by atoms with E-state index in [1.165, 1.54) is 43.4 Å². The van der Waals surface area contributed by atoms with Crippen molar-refractivity contribution < 1.29 is 4.74 Å². The fourth-order valence-electron chi connectivity index (χ4n) is 3.68. The molecule has 1 aliphatic rings. The SMILES string of the molecule is CCNC1CCCCCC1Cc1ncc(C)c(OC)c1C. The smallest absolute Gasteiger partial charge is 0.128 e. The molecule has 1 heterocycles. The molecule has 1 aromatic heterocycles. The average Bonchev–Trinajstić information content (AvgIpc) is 2.69. The van der Waals surface area contributed by atoms with E-state index in [1.54, 1.807) is 7.11 Å². The van der Waals surface area contributed by atoms with Crippen LogP contribution >= 0.6 is 0 Å². The zero-order valence-corrected chi connectivity index (χ0v) is 14.0. The molecule has 3 nitrogen and oxygen atoms in total. The number of methoxy groups -OCH3 is 1. The number of hydrogen-bond acceptors (Lipinski definition) is 3. The Balaban J connectivity index is 2.18. The largest absolute Gasteiger partial charge is 0.496 e. The molecule has 118 valence electrons. The summed E-state index contributed by atoms with van der Waals surface area (Å²) in [6, 6.07) is 0.644. The molecule has 0 amide bonds. The normalized spacial score (nSPS) is 22.9. The van der Waals surface area contributed by atoms with Gasteiger partial charge in [0.25, 0.3) is 0 Å². The van der Waals surface area contributed by atoms with Gasteiger partial charge >= 0.3 is 0 Å². The molecule has 1 aliphatic carbocycles. The molecule has 2 rings (SSSR count). The summed E-state index contributed by atoms with van der Waals surface area (Å²) in [6.07, 6.45) is 9.74. The predicted octanol–water partition coefficient (Wildman–Crippen LogP) is 3.81. The fourth-order valence-corrected chi connectivity index (χ4v) is 3.68. The van der Waals surface area contributed by atoms with Crippen molar-refractivity contribution in [3.63, 3.8) is 0 Å². The Morgan fingerprint density at radius 2 is 2.00 bits per heavy atom. The van der Waals surface area contributed by atoms with Crippen molar-refractivity contribution in [1.29, 1.82) is 0 Å². The van der Waals surface area contributed by atoms with Gasteiger partial charge in [0.1, 0.15) is 5.75 Å². The standard InChI is InChI=1S/C18H30N2O/c1-5-19-16-10-8-6-7-9-15(16)11-17-14(3)18(21-4)13(2)12-20-17/h12,15-16,19H,5-11H2,1-4H3. The Morgan fingerprint density at radius 3 is 2.71 bits per heavy atom. The van der Waals surface area contributed by atoms with Gasteiger partial charge in [-0.1, -0.05) is 26.2 Å². The van der Waals surface area contributed by atoms with Gasteiger partial charge in [-0.3, -0.25) is 4.98 Å². The Hall–Kier alpha value is -1.09. The van der Waals surface area contributed by atoms with Crippen LogP contribution in [-0.4, -0.2) is 24.7 Å². The topological polar surface area (TPSA) is 34.2 Å². The predicted molar refractivity (Wildman–Crippen MR) is 88.0 cm³/mol. The Morgan fingerprint density at radius 1 is 1.24 bits per heavy atom. The second kappa shape index (κ2) is 7.79. The van der Waals surface area contributed by atoms with Gasteiger partial charge in [0.15, 0.2) is 0 Å². The molecule has 1 N–H and O–H groups in total. The van der Waals surface area contributed by atoms with Crippen LogP contribution in [0.25, 0.3) is 0 Å². The number of nitrogens with zero attached hydrogens (tertiary/aromatic N) is 1. The number of nitrogens with one attached hydrogen (secondary N) is 1. The van der Waals surface area contributed by atoms with Crippen molar-refractivity contribution >= 4 is 0 Å². The van der Waals surface area contributed by atoms with E-state index in [1.807, 2.05) is 6.20 Å². The molecule has 1 aromatic rings. The molecule has 0 spiro atoms. The summed E-state index contributed by atoms with van der Waals surface area (Å²) in [7, 11) is 1.76. The first-order valence-corrected chi connectivity index (χ1v) is 8.39. The van der Waals surface area contributed by atoms with Crippen molar-refractivity contribution in [3.8, 4) is 5.75 Å². The summed E-state index contributed by atoms with van der Waals surface area (Å²) in [6.45, 7) is 7.48. The second-order valence-electron chi connectivity index (χ2n) is 6.31. The number of aryl methyl sites for hydroxylation is 1. The van der Waals surface area contributed by atoms with E-state index in [0.717, 1.165) is 24.3 Å². The molecule has 0 aromatic carbocycles. The van der Waals surface area contributed by atoms with E-state index in [9.17, 15) is 0 Å². The number of pyridine rings is 1. The van der Waals surface area contributed by atoms with Gasteiger partial charge in [-0.2, -0.15) is 0 Å². The van der Waals surface area contributed by atoms with Crippen LogP contribution in [0.3, 0.4) is 0 Å². The average molecular weight is 290 g/mol. The zero-order valence-electron chi connectivity index (χ0n) is 14.0. The summed E-state index contributed by atoms with van der Waals surface area (Å²) in [5.41, 5.74) is 3.56. The van der Waals surface area contributed by atoms with Gasteiger partial charge in [0.05, 0.1) is 7.11 Å². The Bertz CT molecular complexity index is 459. The van der Waals surface area contributed by atoms with Crippen LogP contribution in [0.1, 0.15) is 55.8 Å². The summed E-state index contributed by atoms with van der Waals surface area (Å²) < 4.78 is 5.55. The van der Waals surface area contributed by atoms with Crippen molar-refractivity contribution in [1.82, 2.24) is 10.3 Å². The summed E-state index contributed by atoms with van der Waals surface area (Å²) >= 11 is 0. The van der Waals surface area contributed by atoms with Crippen LogP contribution < -0.4 is 10.1 Å². The lowest BCUT2D eigenvalue weighted by atomic mass is 9.88. The third kappa shape index (κ3) is 3.97. The maximum atomic E-state index is 5.55. The van der Waals surface area contributed by atoms with Crippen molar-refractivity contribution in [2.45, 2.75) is 65.3 Å². The van der Waals surface area contributed by atoms with Crippen LogP contribution in [0.5, 0.6) is 5.75 Å². The van der Waals surface area contributed by atoms with Crippen LogP contribution in [0.4, 0.5) is 0 Å². The van der Waals surface area contributed by atoms with E-state index < -0.39 is 0 Å². The molecule has 0 aliphatic heterocycles. The molecule has 2 atom stereocenters. The number of aromatic nitrogens is 1. The van der Waals surface area contributed by atoms with Crippen molar-refractivity contribution in [3.05, 3.63) is 23.0 Å². The Labute approximate surface area is 129 Å². The highest BCUT2D eigenvalue weighted by Gasteiger charge is 2.24. The third-order valence-corrected chi connectivity index (χ3v) is 4.83. The molecule has 0 bridgehead atoms. The van der Waals surface area contributed by atoms with Crippen LogP contribution in [0.15, 0.2) is 6.20 Å². The van der Waals surface area contributed by atoms with E-state index in [4.69, 9.17) is 9.72 Å². The molecular formula is C18H30N2O. The molecule has 1 saturated carbocycles. The monoisotopic (exact) mass is 290 g/mol. The zero-order chi connectivity index (χ0) is 15.2. The van der Waals surface area contributed by atoms with E-state index in [2.05, 4.69) is 26.1 Å². The number of hydrogen-bond donors (Lipinski definition) is 1. The lowest BCUT2D eigenvalue weighted by Gasteiger charge is -2.26. The number of ether oxygens (including phenoxy) is 1. The van der Waals surface area contributed by atoms with Gasteiger partial charge in [-0.05, 0) is 45.6 Å². The molecule has 0 saturated heterocycles. The molecular weight excluding hydrogens is 260 g/mol. The first-order chi connectivity index (χ1) is 10.2. The van der Waals surface area contributed by atoms with Gasteiger partial charge in [0, 0.05) is 29.1 Å². The first-order valence-electron chi connectivity index (χ1n) is 8.39. The minimum Gasteiger partial charge on any atom is -0.496 e. The third-order valence-electron chi connectivity index (χ3n) is 4.83. The highest BCUT2D eigenvalue weighted by atomic mass is 16.5. The lowest BCUT2D eigenvalue weighted by Crippen LogP contribution is -2.36. The highest BCUT2D eigenvalue weighted by Crippen LogP contribution is 2.30. The quantitative estimate of drug-likeness (QED) is 0.837. The fraction of sp³-hybridized carbons (Fsp3) is 0.722. The number of rotatable bonds is 5. The van der Waals surface area contributed by atoms with Gasteiger partial charge in [-0.15, -0.1) is 0 Å². The van der Waals surface area contributed by atoms with Crippen LogP contribution in [0, 0.1) is 19.8 Å². The molecule has 0 radical (unpaired) electrons. The summed E-state index contributed by atoms with van der Waals surface area (Å²) in [5, 5.41) is 3.70. The minimum atomic E-state index is 0.644. The first kappa shape index (κ1) is 16.3. The molecule has 3 heteroatoms. The lowest BCUT2D eigenvalue weighted by molar-refractivity contribution is 0.333. The minimum absolute atomic E-state index is 0.644. The van der Waals surface area contributed by atoms with Gasteiger partial charge < -0.3 is 10.1 Å². The van der Waals surface area contributed by atoms with Crippen LogP contribution in [0.2, 0.25) is 0 Å². The summed E-state index contributed by atoms with van der Waals surface area (Å²) in [5.74, 6) is 1.71. The summed E-state index contributed by atoms with van der Waals surface area (Å²) in [4.78, 5) is 4.70.